The molecule has 1 fully saturated rings. The van der Waals surface area contributed by atoms with Gasteiger partial charge in [0.05, 0.1) is 6.20 Å². The Morgan fingerprint density at radius 2 is 2.31 bits per heavy atom. The first-order chi connectivity index (χ1) is 7.84. The summed E-state index contributed by atoms with van der Waals surface area (Å²) in [6.07, 6.45) is 8.79. The maximum absolute atomic E-state index is 6.03. The first kappa shape index (κ1) is 9.59. The number of anilines is 1. The van der Waals surface area contributed by atoms with Gasteiger partial charge in [-0.25, -0.2) is 9.50 Å². The fraction of sp³-hybridized carbons (Fsp3) is 0.455. The number of hydrogen-bond donors (Lipinski definition) is 2. The van der Waals surface area contributed by atoms with E-state index in [0.29, 0.717) is 6.04 Å². The zero-order chi connectivity index (χ0) is 11.0. The van der Waals surface area contributed by atoms with E-state index in [4.69, 9.17) is 5.73 Å². The average Bonchev–Trinajstić information content (AvgIpc) is 2.89. The molecule has 1 aliphatic rings. The highest BCUT2D eigenvalue weighted by Gasteiger charge is 2.24. The van der Waals surface area contributed by atoms with Gasteiger partial charge in [-0.2, -0.15) is 5.10 Å². The van der Waals surface area contributed by atoms with E-state index >= 15 is 0 Å². The highest BCUT2D eigenvalue weighted by molar-refractivity contribution is 5.67. The molecule has 1 aliphatic carbocycles. The van der Waals surface area contributed by atoms with Gasteiger partial charge in [0.2, 0.25) is 0 Å². The lowest BCUT2D eigenvalue weighted by Gasteiger charge is -2.18. The molecule has 2 aromatic rings. The number of hydrogen-bond acceptors (Lipinski definition) is 4. The van der Waals surface area contributed by atoms with Gasteiger partial charge in [0.1, 0.15) is 5.52 Å². The van der Waals surface area contributed by atoms with Crippen LogP contribution < -0.4 is 11.1 Å². The minimum atomic E-state index is 0.241. The summed E-state index contributed by atoms with van der Waals surface area (Å²) < 4.78 is 1.82. The molecule has 0 saturated heterocycles. The summed E-state index contributed by atoms with van der Waals surface area (Å²) in [5.41, 5.74) is 7.03. The van der Waals surface area contributed by atoms with Crippen LogP contribution in [0.15, 0.2) is 24.7 Å². The number of rotatable bonds is 2. The molecule has 0 aromatic carbocycles. The Balaban J connectivity index is 1.91. The fourth-order valence-electron chi connectivity index (χ4n) is 2.31. The van der Waals surface area contributed by atoms with Crippen LogP contribution in [0.25, 0.3) is 5.52 Å². The smallest absolute Gasteiger partial charge is 0.152 e. The fourth-order valence-corrected chi connectivity index (χ4v) is 2.31. The standard InChI is InChI=1S/C11H15N5/c12-8-2-1-3-9(8)15-11-10-4-5-14-16(10)7-6-13-11/h4-9H,1-3,12H2,(H,13,15). The lowest BCUT2D eigenvalue weighted by molar-refractivity contribution is 0.636. The van der Waals surface area contributed by atoms with Crippen molar-refractivity contribution < 1.29 is 0 Å². The second-order valence-electron chi connectivity index (χ2n) is 4.28. The highest BCUT2D eigenvalue weighted by atomic mass is 15.2. The molecule has 2 unspecified atom stereocenters. The summed E-state index contributed by atoms with van der Waals surface area (Å²) in [4.78, 5) is 4.35. The molecule has 2 aromatic heterocycles. The van der Waals surface area contributed by atoms with Gasteiger partial charge in [0.25, 0.3) is 0 Å². The third-order valence-corrected chi connectivity index (χ3v) is 3.22. The van der Waals surface area contributed by atoms with Gasteiger partial charge in [0.15, 0.2) is 5.82 Å². The zero-order valence-corrected chi connectivity index (χ0v) is 9.00. The van der Waals surface area contributed by atoms with Gasteiger partial charge in [-0.05, 0) is 25.3 Å². The van der Waals surface area contributed by atoms with Gasteiger partial charge < -0.3 is 11.1 Å². The van der Waals surface area contributed by atoms with Crippen LogP contribution in [0.4, 0.5) is 5.82 Å². The van der Waals surface area contributed by atoms with Crippen molar-refractivity contribution in [2.75, 3.05) is 5.32 Å². The molecule has 16 heavy (non-hydrogen) atoms. The minimum Gasteiger partial charge on any atom is -0.364 e. The van der Waals surface area contributed by atoms with Gasteiger partial charge in [0, 0.05) is 24.5 Å². The van der Waals surface area contributed by atoms with Crippen molar-refractivity contribution in [3.63, 3.8) is 0 Å². The van der Waals surface area contributed by atoms with Crippen LogP contribution in [-0.4, -0.2) is 26.7 Å². The predicted molar refractivity (Wildman–Crippen MR) is 62.2 cm³/mol. The maximum atomic E-state index is 6.03. The van der Waals surface area contributed by atoms with Crippen LogP contribution in [0, 0.1) is 0 Å². The largest absolute Gasteiger partial charge is 0.364 e. The van der Waals surface area contributed by atoms with Crippen molar-refractivity contribution in [3.8, 4) is 0 Å². The molecule has 5 nitrogen and oxygen atoms in total. The van der Waals surface area contributed by atoms with Gasteiger partial charge in [-0.15, -0.1) is 0 Å². The van der Waals surface area contributed by atoms with Crippen molar-refractivity contribution in [2.45, 2.75) is 31.3 Å². The lowest BCUT2D eigenvalue weighted by Crippen LogP contribution is -2.35. The molecule has 2 heterocycles. The van der Waals surface area contributed by atoms with Crippen LogP contribution >= 0.6 is 0 Å². The van der Waals surface area contributed by atoms with E-state index in [9.17, 15) is 0 Å². The number of aromatic nitrogens is 3. The summed E-state index contributed by atoms with van der Waals surface area (Å²) in [5.74, 6) is 0.877. The van der Waals surface area contributed by atoms with E-state index in [2.05, 4.69) is 15.4 Å². The van der Waals surface area contributed by atoms with E-state index < -0.39 is 0 Å². The monoisotopic (exact) mass is 217 g/mol. The summed E-state index contributed by atoms with van der Waals surface area (Å²) >= 11 is 0. The normalized spacial score (nSPS) is 25.1. The quantitative estimate of drug-likeness (QED) is 0.788. The molecule has 84 valence electrons. The van der Waals surface area contributed by atoms with Gasteiger partial charge in [-0.3, -0.25) is 0 Å². The second kappa shape index (κ2) is 3.75. The minimum absolute atomic E-state index is 0.241. The van der Waals surface area contributed by atoms with Crippen molar-refractivity contribution in [1.29, 1.82) is 0 Å². The van der Waals surface area contributed by atoms with Crippen LogP contribution in [-0.2, 0) is 0 Å². The molecule has 2 atom stereocenters. The molecular formula is C11H15N5. The Bertz CT molecular complexity index is 492. The van der Waals surface area contributed by atoms with Crippen molar-refractivity contribution >= 4 is 11.3 Å². The Kier molecular flexibility index (Phi) is 2.25. The molecule has 0 aliphatic heterocycles. The molecule has 0 bridgehead atoms. The van der Waals surface area contributed by atoms with E-state index in [0.717, 1.165) is 24.2 Å². The summed E-state index contributed by atoms with van der Waals surface area (Å²) in [7, 11) is 0. The average molecular weight is 217 g/mol. The molecule has 3 rings (SSSR count). The van der Waals surface area contributed by atoms with Crippen LogP contribution in [0.2, 0.25) is 0 Å². The highest BCUT2D eigenvalue weighted by Crippen LogP contribution is 2.22. The Morgan fingerprint density at radius 1 is 1.38 bits per heavy atom. The third kappa shape index (κ3) is 1.53. The van der Waals surface area contributed by atoms with Crippen LogP contribution in [0.3, 0.4) is 0 Å². The third-order valence-electron chi connectivity index (χ3n) is 3.22. The molecule has 0 spiro atoms. The van der Waals surface area contributed by atoms with Crippen molar-refractivity contribution in [1.82, 2.24) is 14.6 Å². The Labute approximate surface area is 93.7 Å². The van der Waals surface area contributed by atoms with Gasteiger partial charge >= 0.3 is 0 Å². The Morgan fingerprint density at radius 3 is 3.12 bits per heavy atom. The van der Waals surface area contributed by atoms with Crippen molar-refractivity contribution in [3.05, 3.63) is 24.7 Å². The number of fused-ring (bicyclic) bond motifs is 1. The predicted octanol–water partition coefficient (Wildman–Crippen LogP) is 1.02. The van der Waals surface area contributed by atoms with Gasteiger partial charge in [-0.1, -0.05) is 0 Å². The SMILES string of the molecule is NC1CCCC1Nc1nccn2nccc12. The van der Waals surface area contributed by atoms with Crippen LogP contribution in [0.1, 0.15) is 19.3 Å². The number of nitrogens with two attached hydrogens (primary N) is 1. The molecule has 5 heteroatoms. The van der Waals surface area contributed by atoms with E-state index in [-0.39, 0.29) is 6.04 Å². The van der Waals surface area contributed by atoms with Crippen LogP contribution in [0.5, 0.6) is 0 Å². The molecule has 0 amide bonds. The van der Waals surface area contributed by atoms with E-state index in [1.807, 2.05) is 16.8 Å². The van der Waals surface area contributed by atoms with Crippen molar-refractivity contribution in [2.24, 2.45) is 5.73 Å². The number of nitrogens with one attached hydrogen (secondary N) is 1. The summed E-state index contributed by atoms with van der Waals surface area (Å²) in [6, 6.07) is 2.54. The molecular weight excluding hydrogens is 202 g/mol. The summed E-state index contributed by atoms with van der Waals surface area (Å²) in [6.45, 7) is 0. The molecule has 0 radical (unpaired) electrons. The summed E-state index contributed by atoms with van der Waals surface area (Å²) in [5, 5.41) is 7.60. The zero-order valence-electron chi connectivity index (χ0n) is 9.00. The first-order valence-corrected chi connectivity index (χ1v) is 5.65. The van der Waals surface area contributed by atoms with E-state index in [1.54, 1.807) is 12.4 Å². The number of nitrogens with zero attached hydrogens (tertiary/aromatic N) is 3. The Hall–Kier alpha value is -1.62. The lowest BCUT2D eigenvalue weighted by atomic mass is 10.2. The van der Waals surface area contributed by atoms with E-state index in [1.165, 1.54) is 6.42 Å². The topological polar surface area (TPSA) is 68.2 Å². The first-order valence-electron chi connectivity index (χ1n) is 5.65. The second-order valence-corrected chi connectivity index (χ2v) is 4.28. The molecule has 1 saturated carbocycles. The maximum Gasteiger partial charge on any atom is 0.152 e. The molecule has 3 N–H and O–H groups in total.